The van der Waals surface area contributed by atoms with Crippen molar-refractivity contribution < 1.29 is 23.8 Å². The molecule has 0 saturated heterocycles. The summed E-state index contributed by atoms with van der Waals surface area (Å²) >= 11 is 6.39. The smallest absolute Gasteiger partial charge is 0.414 e. The fourth-order valence-corrected chi connectivity index (χ4v) is 5.05. The minimum atomic E-state index is -0.813. The summed E-state index contributed by atoms with van der Waals surface area (Å²) in [5, 5.41) is 6.83. The van der Waals surface area contributed by atoms with Gasteiger partial charge in [0.05, 0.1) is 37.3 Å². The molecule has 5 rings (SSSR count). The average molecular weight is 501 g/mol. The first-order valence-electron chi connectivity index (χ1n) is 11.2. The number of primary amides is 1. The molecular weight excluding hydrogens is 476 g/mol. The van der Waals surface area contributed by atoms with Crippen LogP contribution in [0.5, 0.6) is 5.75 Å². The summed E-state index contributed by atoms with van der Waals surface area (Å²) in [6.07, 6.45) is 5.41. The van der Waals surface area contributed by atoms with E-state index in [2.05, 4.69) is 26.7 Å². The summed E-state index contributed by atoms with van der Waals surface area (Å²) in [4.78, 5) is 33.8. The molecule has 35 heavy (non-hydrogen) atoms. The highest BCUT2D eigenvalue weighted by Crippen LogP contribution is 2.43. The summed E-state index contributed by atoms with van der Waals surface area (Å²) < 4.78 is 16.1. The number of nitrogens with two attached hydrogens (primary N) is 1. The van der Waals surface area contributed by atoms with Crippen LogP contribution >= 0.6 is 11.6 Å². The molecule has 11 nitrogen and oxygen atoms in total. The second kappa shape index (κ2) is 9.14. The molecule has 2 amide bonds. The number of nitrogens with one attached hydrogen (secondary N) is 2. The quantitative estimate of drug-likeness (QED) is 0.508. The van der Waals surface area contributed by atoms with Crippen molar-refractivity contribution in [3.8, 4) is 5.75 Å². The highest BCUT2D eigenvalue weighted by Gasteiger charge is 2.47. The second-order valence-corrected chi connectivity index (χ2v) is 9.05. The molecule has 0 radical (unpaired) electrons. The van der Waals surface area contributed by atoms with Gasteiger partial charge in [0.25, 0.3) is 0 Å². The van der Waals surface area contributed by atoms with Crippen molar-refractivity contribution in [2.45, 2.75) is 25.0 Å². The molecule has 2 heterocycles. The fourth-order valence-electron chi connectivity index (χ4n) is 4.90. The highest BCUT2D eigenvalue weighted by atomic mass is 35.5. The first-order chi connectivity index (χ1) is 16.8. The molecule has 1 aliphatic heterocycles. The fraction of sp³-hybridized carbons (Fsp3) is 0.391. The Hall–Kier alpha value is -3.73. The highest BCUT2D eigenvalue weighted by molar-refractivity contribution is 6.32. The van der Waals surface area contributed by atoms with E-state index in [9.17, 15) is 9.59 Å². The number of hydrogen-bond acceptors (Lipinski definition) is 9. The summed E-state index contributed by atoms with van der Waals surface area (Å²) in [5.74, 6) is 1.46. The number of cyclic esters (lactones) is 1. The van der Waals surface area contributed by atoms with Gasteiger partial charge in [0, 0.05) is 31.4 Å². The number of methoxy groups -OCH3 is 1. The van der Waals surface area contributed by atoms with Crippen molar-refractivity contribution in [1.29, 1.82) is 0 Å². The van der Waals surface area contributed by atoms with Crippen molar-refractivity contribution >= 4 is 46.9 Å². The van der Waals surface area contributed by atoms with Crippen LogP contribution in [0.2, 0.25) is 5.02 Å². The van der Waals surface area contributed by atoms with Gasteiger partial charge in [-0.05, 0) is 18.1 Å². The monoisotopic (exact) mass is 500 g/mol. The molecule has 1 aromatic carbocycles. The number of ether oxygens (including phenoxy) is 3. The largest absolute Gasteiger partial charge is 0.494 e. The van der Waals surface area contributed by atoms with E-state index in [-0.39, 0.29) is 30.4 Å². The Morgan fingerprint density at radius 3 is 2.89 bits per heavy atom. The Bertz CT molecular complexity index is 1210. The van der Waals surface area contributed by atoms with Gasteiger partial charge in [0.2, 0.25) is 5.95 Å². The van der Waals surface area contributed by atoms with E-state index in [1.807, 2.05) is 12.1 Å². The lowest BCUT2D eigenvalue weighted by Crippen LogP contribution is -2.41. The van der Waals surface area contributed by atoms with Crippen LogP contribution in [-0.2, 0) is 15.9 Å². The van der Waals surface area contributed by atoms with Crippen LogP contribution in [0.25, 0.3) is 0 Å². The molecule has 2 aliphatic carbocycles. The van der Waals surface area contributed by atoms with E-state index in [0.717, 1.165) is 12.0 Å². The summed E-state index contributed by atoms with van der Waals surface area (Å²) in [7, 11) is 3.19. The van der Waals surface area contributed by atoms with Gasteiger partial charge in [-0.3, -0.25) is 4.90 Å². The van der Waals surface area contributed by atoms with Gasteiger partial charge in [-0.1, -0.05) is 23.8 Å². The number of carbonyl (C=O) groups is 2. The molecule has 1 aromatic heterocycles. The van der Waals surface area contributed by atoms with E-state index in [4.69, 9.17) is 31.5 Å². The maximum absolute atomic E-state index is 12.1. The zero-order valence-electron chi connectivity index (χ0n) is 19.2. The minimum Gasteiger partial charge on any atom is -0.494 e. The van der Waals surface area contributed by atoms with Gasteiger partial charge in [0.1, 0.15) is 16.9 Å². The molecule has 184 valence electrons. The number of amides is 2. The average Bonchev–Trinajstić information content (AvgIpc) is 3.39. The number of aromatic nitrogens is 2. The minimum absolute atomic E-state index is 0.0982. The lowest BCUT2D eigenvalue weighted by Gasteiger charge is -2.28. The Balaban J connectivity index is 1.41. The molecule has 0 unspecified atom stereocenters. The first kappa shape index (κ1) is 23.0. The van der Waals surface area contributed by atoms with Gasteiger partial charge in [0.15, 0.2) is 5.82 Å². The predicted molar refractivity (Wildman–Crippen MR) is 129 cm³/mol. The maximum Gasteiger partial charge on any atom is 0.414 e. The van der Waals surface area contributed by atoms with Crippen molar-refractivity contribution in [2.75, 3.05) is 36.3 Å². The zero-order chi connectivity index (χ0) is 24.7. The molecule has 4 atom stereocenters. The van der Waals surface area contributed by atoms with Crippen molar-refractivity contribution in [1.82, 2.24) is 9.97 Å². The molecule has 0 spiro atoms. The number of carbonyl (C=O) groups excluding carboxylic acids is 2. The van der Waals surface area contributed by atoms with E-state index in [1.54, 1.807) is 20.2 Å². The number of anilines is 4. The molecule has 1 fully saturated rings. The Morgan fingerprint density at radius 2 is 2.11 bits per heavy atom. The summed E-state index contributed by atoms with van der Waals surface area (Å²) in [6, 6.07) is 3.44. The van der Waals surface area contributed by atoms with Gasteiger partial charge < -0.3 is 30.6 Å². The number of halogens is 1. The third kappa shape index (κ3) is 4.39. The van der Waals surface area contributed by atoms with Crippen molar-refractivity contribution in [3.05, 3.63) is 41.1 Å². The number of fused-ring (bicyclic) bond motifs is 3. The Kier molecular flexibility index (Phi) is 6.01. The van der Waals surface area contributed by atoms with Crippen LogP contribution in [0.1, 0.15) is 12.0 Å². The van der Waals surface area contributed by atoms with E-state index in [1.165, 1.54) is 11.1 Å². The third-order valence-corrected chi connectivity index (χ3v) is 6.84. The molecule has 4 N–H and O–H groups in total. The molecular formula is C23H25ClN6O5. The van der Waals surface area contributed by atoms with Crippen molar-refractivity contribution in [3.63, 3.8) is 0 Å². The molecule has 2 aromatic rings. The Morgan fingerprint density at radius 1 is 1.31 bits per heavy atom. The normalized spacial score (nSPS) is 24.4. The van der Waals surface area contributed by atoms with E-state index >= 15 is 0 Å². The van der Waals surface area contributed by atoms with Crippen LogP contribution < -0.4 is 26.0 Å². The van der Waals surface area contributed by atoms with Crippen LogP contribution in [0.3, 0.4) is 0 Å². The maximum atomic E-state index is 12.1. The van der Waals surface area contributed by atoms with Gasteiger partial charge >= 0.3 is 12.2 Å². The number of hydrogen-bond donors (Lipinski definition) is 3. The van der Waals surface area contributed by atoms with E-state index < -0.39 is 18.3 Å². The lowest BCUT2D eigenvalue weighted by molar-refractivity contribution is 0.0853. The zero-order valence-corrected chi connectivity index (χ0v) is 19.9. The number of nitrogens with zero attached hydrogens (tertiary/aromatic N) is 3. The van der Waals surface area contributed by atoms with Gasteiger partial charge in [-0.2, -0.15) is 4.98 Å². The van der Waals surface area contributed by atoms with Crippen LogP contribution in [0, 0.1) is 11.8 Å². The van der Waals surface area contributed by atoms with Crippen molar-refractivity contribution in [2.24, 2.45) is 17.6 Å². The topological polar surface area (TPSA) is 141 Å². The molecule has 3 aliphatic rings. The van der Waals surface area contributed by atoms with Crippen LogP contribution in [0.15, 0.2) is 30.5 Å². The van der Waals surface area contributed by atoms with E-state index in [0.29, 0.717) is 34.4 Å². The summed E-state index contributed by atoms with van der Waals surface area (Å²) in [5.41, 5.74) is 7.53. The molecule has 12 heteroatoms. The van der Waals surface area contributed by atoms with Crippen LogP contribution in [0.4, 0.5) is 32.7 Å². The SMILES string of the molecule is COc1cc2c(cc1Nc1ncc(Cl)c(N[C@@H]3[C@H](OC(N)=O)[C@H]4C=C[C@@H]3C4)n1)CCOC(=O)N2C. The molecule has 1 saturated carbocycles. The molecule has 2 bridgehead atoms. The second-order valence-electron chi connectivity index (χ2n) is 8.64. The first-order valence-corrected chi connectivity index (χ1v) is 11.5. The summed E-state index contributed by atoms with van der Waals surface area (Å²) in [6.45, 7) is 0.278. The Labute approximate surface area is 206 Å². The third-order valence-electron chi connectivity index (χ3n) is 6.57. The number of benzene rings is 1. The van der Waals surface area contributed by atoms with Crippen LogP contribution in [-0.4, -0.2) is 55.1 Å². The number of rotatable bonds is 6. The predicted octanol–water partition coefficient (Wildman–Crippen LogP) is 3.46. The lowest BCUT2D eigenvalue weighted by atomic mass is 9.98. The van der Waals surface area contributed by atoms with Gasteiger partial charge in [-0.25, -0.2) is 14.6 Å². The standard InChI is InChI=1S/C23H25ClN6O5/c1-30-16-9-17(33-2)15(8-11(16)5-6-34-23(30)32)27-22-26-10-14(24)20(29-22)28-18-12-3-4-13(7-12)19(18)35-21(25)31/h3-4,8-10,12-13,18-19H,5-7H2,1-2H3,(H2,25,31)(H2,26,27,28,29)/t12-,13+,18+,19-/m1/s1. The van der Waals surface area contributed by atoms with Gasteiger partial charge in [-0.15, -0.1) is 0 Å².